The summed E-state index contributed by atoms with van der Waals surface area (Å²) in [6.07, 6.45) is 2.09. The van der Waals surface area contributed by atoms with E-state index in [1.165, 1.54) is 4.57 Å². The Balaban J connectivity index is 1.58. The number of carbonyl (C=O) groups is 1. The Morgan fingerprint density at radius 3 is 2.56 bits per heavy atom. The van der Waals surface area contributed by atoms with Crippen molar-refractivity contribution in [1.29, 1.82) is 0 Å². The molecule has 2 aromatic carbocycles. The molecule has 0 aliphatic carbocycles. The predicted octanol–water partition coefficient (Wildman–Crippen LogP) is 4.36. The van der Waals surface area contributed by atoms with E-state index < -0.39 is 36.4 Å². The third kappa shape index (κ3) is 4.33. The van der Waals surface area contributed by atoms with Gasteiger partial charge in [-0.2, -0.15) is 5.10 Å². The fraction of sp³-hybridized carbons (Fsp3) is 0.192. The number of H-pyrrole nitrogens is 1. The number of carbonyl (C=O) groups excluding carboxylic acids is 1. The highest BCUT2D eigenvalue weighted by Crippen LogP contribution is 2.39. The van der Waals surface area contributed by atoms with Gasteiger partial charge in [-0.05, 0) is 35.9 Å². The molecule has 1 atom stereocenters. The molecule has 3 N–H and O–H groups in total. The molecule has 5 rings (SSSR count). The van der Waals surface area contributed by atoms with Crippen LogP contribution in [0.2, 0.25) is 0 Å². The second-order valence-corrected chi connectivity index (χ2v) is 8.69. The number of alkyl halides is 2. The summed E-state index contributed by atoms with van der Waals surface area (Å²) in [5.41, 5.74) is 6.95. The number of piperidine rings is 1. The molecule has 0 radical (unpaired) electrons. The molecule has 36 heavy (non-hydrogen) atoms. The molecule has 1 fully saturated rings. The molecule has 4 aromatic rings. The Hall–Kier alpha value is -4.47. The molecule has 0 spiro atoms. The average molecular weight is 491 g/mol. The largest absolute Gasteiger partial charge is 0.457 e. The molecule has 1 aliphatic rings. The number of nitrogens with zero attached hydrogens (tertiary/aromatic N) is 3. The summed E-state index contributed by atoms with van der Waals surface area (Å²) in [5.74, 6) is -2.40. The number of aromatic amines is 1. The van der Waals surface area contributed by atoms with E-state index in [1.54, 1.807) is 30.5 Å². The number of hydrogen-bond donors (Lipinski definition) is 2. The third-order valence-electron chi connectivity index (χ3n) is 6.19. The van der Waals surface area contributed by atoms with Crippen molar-refractivity contribution in [2.24, 2.45) is 0 Å². The van der Waals surface area contributed by atoms with Crippen molar-refractivity contribution < 1.29 is 18.3 Å². The summed E-state index contributed by atoms with van der Waals surface area (Å²) in [4.78, 5) is 26.0. The van der Waals surface area contributed by atoms with Crippen LogP contribution in [0.15, 0.2) is 78.2 Å². The van der Waals surface area contributed by atoms with Crippen molar-refractivity contribution in [3.8, 4) is 22.6 Å². The number of nitrogen functional groups attached to an aromatic ring is 1. The zero-order valence-electron chi connectivity index (χ0n) is 19.2. The van der Waals surface area contributed by atoms with Crippen LogP contribution in [0, 0.1) is 0 Å². The van der Waals surface area contributed by atoms with Gasteiger partial charge in [-0.25, -0.2) is 13.9 Å². The van der Waals surface area contributed by atoms with Gasteiger partial charge in [0.05, 0.1) is 18.0 Å². The number of nitrogens with one attached hydrogen (secondary N) is 1. The van der Waals surface area contributed by atoms with Gasteiger partial charge >= 0.3 is 0 Å². The van der Waals surface area contributed by atoms with Crippen LogP contribution in [0.3, 0.4) is 0 Å². The molecule has 0 saturated carbocycles. The molecule has 1 amide bonds. The summed E-state index contributed by atoms with van der Waals surface area (Å²) >= 11 is 0. The number of aromatic nitrogens is 3. The van der Waals surface area contributed by atoms with E-state index in [9.17, 15) is 18.4 Å². The molecule has 10 heteroatoms. The second kappa shape index (κ2) is 8.95. The number of halogens is 2. The highest BCUT2D eigenvalue weighted by molar-refractivity contribution is 6.02. The van der Waals surface area contributed by atoms with Crippen molar-refractivity contribution in [1.82, 2.24) is 19.7 Å². The number of para-hydroxylation sites is 1. The smallest absolute Gasteiger partial charge is 0.288 e. The molecule has 8 nitrogen and oxygen atoms in total. The van der Waals surface area contributed by atoms with E-state index in [2.05, 4.69) is 16.8 Å². The van der Waals surface area contributed by atoms with Gasteiger partial charge in [0.2, 0.25) is 5.91 Å². The molecule has 2 aromatic heterocycles. The fourth-order valence-corrected chi connectivity index (χ4v) is 4.62. The molecular formula is C26H23F2N5O3. The van der Waals surface area contributed by atoms with Gasteiger partial charge in [-0.3, -0.25) is 9.59 Å². The summed E-state index contributed by atoms with van der Waals surface area (Å²) in [6, 6.07) is 15.5. The topological polar surface area (TPSA) is 106 Å². The zero-order chi connectivity index (χ0) is 25.4. The Bertz CT molecular complexity index is 1500. The summed E-state index contributed by atoms with van der Waals surface area (Å²) in [6.45, 7) is 2.69. The number of nitrogens with two attached hydrogens (primary N) is 1. The minimum absolute atomic E-state index is 0.00478. The van der Waals surface area contributed by atoms with E-state index in [-0.39, 0.29) is 17.9 Å². The minimum atomic E-state index is -3.14. The number of amides is 1. The van der Waals surface area contributed by atoms with Crippen LogP contribution < -0.4 is 16.0 Å². The highest BCUT2D eigenvalue weighted by Gasteiger charge is 2.43. The first-order chi connectivity index (χ1) is 17.3. The van der Waals surface area contributed by atoms with Gasteiger partial charge in [-0.15, -0.1) is 0 Å². The number of benzene rings is 2. The molecule has 0 bridgehead atoms. The Morgan fingerprint density at radius 2 is 1.86 bits per heavy atom. The van der Waals surface area contributed by atoms with Crippen LogP contribution in [-0.4, -0.2) is 44.6 Å². The molecule has 1 aliphatic heterocycles. The van der Waals surface area contributed by atoms with Crippen molar-refractivity contribution in [2.75, 3.05) is 18.8 Å². The summed E-state index contributed by atoms with van der Waals surface area (Å²) in [5, 5.41) is 6.57. The van der Waals surface area contributed by atoms with Crippen LogP contribution in [-0.2, 0) is 4.79 Å². The van der Waals surface area contributed by atoms with Crippen molar-refractivity contribution in [3.05, 3.63) is 83.8 Å². The van der Waals surface area contributed by atoms with Gasteiger partial charge in [0, 0.05) is 24.7 Å². The van der Waals surface area contributed by atoms with Gasteiger partial charge in [-0.1, -0.05) is 36.9 Å². The molecule has 1 saturated heterocycles. The number of ether oxygens (including phenoxy) is 1. The van der Waals surface area contributed by atoms with Crippen LogP contribution in [0.25, 0.3) is 22.0 Å². The highest BCUT2D eigenvalue weighted by atomic mass is 19.3. The standard InChI is InChI=1S/C26H23F2N5O3/c1-2-21(34)32-13-17(12-26(27,28)15-32)33-14-20(22-23(33)25(35)31-30-24(22)29)16-8-10-19(11-9-16)36-18-6-4-3-5-7-18/h2-11,14,17H,1,12-13,15H2,(H2,29,30)(H,31,35). The average Bonchev–Trinajstić information content (AvgIpc) is 3.28. The van der Waals surface area contributed by atoms with Crippen LogP contribution in [0.5, 0.6) is 11.5 Å². The Labute approximate surface area is 204 Å². The number of likely N-dealkylation sites (tertiary alicyclic amines) is 1. The van der Waals surface area contributed by atoms with Crippen molar-refractivity contribution >= 4 is 22.6 Å². The zero-order valence-corrected chi connectivity index (χ0v) is 19.2. The minimum Gasteiger partial charge on any atom is -0.457 e. The third-order valence-corrected chi connectivity index (χ3v) is 6.19. The molecular weight excluding hydrogens is 468 g/mol. The molecule has 3 heterocycles. The van der Waals surface area contributed by atoms with Crippen LogP contribution in [0.1, 0.15) is 12.5 Å². The first-order valence-electron chi connectivity index (χ1n) is 11.3. The first kappa shape index (κ1) is 23.3. The molecule has 1 unspecified atom stereocenters. The monoisotopic (exact) mass is 491 g/mol. The van der Waals surface area contributed by atoms with Crippen LogP contribution >= 0.6 is 0 Å². The van der Waals surface area contributed by atoms with Crippen LogP contribution in [0.4, 0.5) is 14.6 Å². The predicted molar refractivity (Wildman–Crippen MR) is 132 cm³/mol. The lowest BCUT2D eigenvalue weighted by molar-refractivity contribution is -0.139. The normalized spacial score (nSPS) is 17.2. The maximum absolute atomic E-state index is 14.6. The lowest BCUT2D eigenvalue weighted by Gasteiger charge is -2.37. The maximum atomic E-state index is 14.6. The van der Waals surface area contributed by atoms with Crippen molar-refractivity contribution in [2.45, 2.75) is 18.4 Å². The SMILES string of the molecule is C=CC(=O)N1CC(n2cc(-c3ccc(Oc4ccccc4)cc3)c3c(N)n[nH]c(=O)c32)CC(F)(F)C1. The summed E-state index contributed by atoms with van der Waals surface area (Å²) in [7, 11) is 0. The van der Waals surface area contributed by atoms with Gasteiger partial charge in [0.15, 0.2) is 5.82 Å². The number of anilines is 1. The van der Waals surface area contributed by atoms with Gasteiger partial charge < -0.3 is 19.9 Å². The van der Waals surface area contributed by atoms with E-state index in [0.29, 0.717) is 28.0 Å². The maximum Gasteiger partial charge on any atom is 0.288 e. The fourth-order valence-electron chi connectivity index (χ4n) is 4.62. The van der Waals surface area contributed by atoms with E-state index >= 15 is 0 Å². The van der Waals surface area contributed by atoms with E-state index in [1.807, 2.05) is 30.3 Å². The van der Waals surface area contributed by atoms with E-state index in [4.69, 9.17) is 10.5 Å². The second-order valence-electron chi connectivity index (χ2n) is 8.69. The summed E-state index contributed by atoms with van der Waals surface area (Å²) < 4.78 is 36.6. The van der Waals surface area contributed by atoms with Gasteiger partial charge in [0.25, 0.3) is 11.5 Å². The lowest BCUT2D eigenvalue weighted by Crippen LogP contribution is -2.49. The van der Waals surface area contributed by atoms with E-state index in [0.717, 1.165) is 11.0 Å². The Kier molecular flexibility index (Phi) is 5.79. The molecule has 184 valence electrons. The number of rotatable bonds is 5. The van der Waals surface area contributed by atoms with Crippen molar-refractivity contribution in [3.63, 3.8) is 0 Å². The van der Waals surface area contributed by atoms with Gasteiger partial charge in [0.1, 0.15) is 17.0 Å². The lowest BCUT2D eigenvalue weighted by atomic mass is 10.0. The first-order valence-corrected chi connectivity index (χ1v) is 11.3. The number of hydrogen-bond acceptors (Lipinski definition) is 5. The quantitative estimate of drug-likeness (QED) is 0.404. The Morgan fingerprint density at radius 1 is 1.17 bits per heavy atom. The number of fused-ring (bicyclic) bond motifs is 1.